The number of hydrogen-bond donors (Lipinski definition) is 1. The van der Waals surface area contributed by atoms with Gasteiger partial charge in [-0.25, -0.2) is 4.99 Å². The van der Waals surface area contributed by atoms with E-state index < -0.39 is 11.8 Å². The molecule has 2 atom stereocenters. The first-order valence-electron chi connectivity index (χ1n) is 9.59. The van der Waals surface area contributed by atoms with Crippen LogP contribution < -0.4 is 5.32 Å². The van der Waals surface area contributed by atoms with Gasteiger partial charge in [0.15, 0.2) is 0 Å². The fraction of sp³-hybridized carbons (Fsp3) is 0.261. The summed E-state index contributed by atoms with van der Waals surface area (Å²) in [5.74, 6) is -0.543. The van der Waals surface area contributed by atoms with Gasteiger partial charge in [0.25, 0.3) is 5.91 Å². The van der Waals surface area contributed by atoms with E-state index in [1.165, 1.54) is 0 Å². The van der Waals surface area contributed by atoms with E-state index in [1.54, 1.807) is 49.0 Å². The van der Waals surface area contributed by atoms with Gasteiger partial charge in [-0.2, -0.15) is 5.26 Å². The molecule has 0 fully saturated rings. The fourth-order valence-electron chi connectivity index (χ4n) is 3.39. The minimum atomic E-state index is -0.587. The molecule has 0 saturated carbocycles. The third-order valence-corrected chi connectivity index (χ3v) is 6.61. The van der Waals surface area contributed by atoms with Crippen molar-refractivity contribution in [3.05, 3.63) is 75.4 Å². The summed E-state index contributed by atoms with van der Waals surface area (Å²) in [5.41, 5.74) is 2.41. The molecule has 0 aromatic heterocycles. The quantitative estimate of drug-likeness (QED) is 0.543. The molecule has 1 amide bonds. The Kier molecular flexibility index (Phi) is 7.60. The number of aliphatic imine (C=N–C) groups is 1. The summed E-state index contributed by atoms with van der Waals surface area (Å²) in [5, 5.41) is 14.8. The molecule has 3 rings (SSSR count). The molecule has 2 aromatic carbocycles. The predicted molar refractivity (Wildman–Crippen MR) is 126 cm³/mol. The Morgan fingerprint density at radius 3 is 2.53 bits per heavy atom. The Morgan fingerprint density at radius 2 is 1.90 bits per heavy atom. The fourth-order valence-corrected chi connectivity index (χ4v) is 4.75. The zero-order chi connectivity index (χ0) is 21.7. The van der Waals surface area contributed by atoms with Crippen molar-refractivity contribution in [1.29, 1.82) is 5.26 Å². The van der Waals surface area contributed by atoms with Gasteiger partial charge in [0.05, 0.1) is 11.1 Å². The highest BCUT2D eigenvalue weighted by molar-refractivity contribution is 8.14. The number of carbonyl (C=O) groups is 1. The maximum absolute atomic E-state index is 13.3. The van der Waals surface area contributed by atoms with Crippen molar-refractivity contribution in [2.75, 3.05) is 11.1 Å². The lowest BCUT2D eigenvalue weighted by molar-refractivity contribution is -0.113. The molecule has 0 saturated heterocycles. The van der Waals surface area contributed by atoms with Crippen molar-refractivity contribution in [3.8, 4) is 6.07 Å². The highest BCUT2D eigenvalue weighted by Gasteiger charge is 2.39. The number of allylic oxidation sites excluding steroid dienone is 1. The van der Waals surface area contributed by atoms with E-state index in [9.17, 15) is 10.1 Å². The lowest BCUT2D eigenvalue weighted by Crippen LogP contribution is -2.31. The number of thioether (sulfide) groups is 1. The molecule has 2 aromatic rings. The third kappa shape index (κ3) is 4.89. The Labute approximate surface area is 191 Å². The molecule has 1 unspecified atom stereocenters. The van der Waals surface area contributed by atoms with Crippen LogP contribution in [0, 0.1) is 17.2 Å². The summed E-state index contributed by atoms with van der Waals surface area (Å²) in [7, 11) is 0. The first-order valence-corrected chi connectivity index (χ1v) is 11.3. The first kappa shape index (κ1) is 22.4. The summed E-state index contributed by atoms with van der Waals surface area (Å²) < 4.78 is 0. The number of rotatable bonds is 5. The number of amides is 1. The van der Waals surface area contributed by atoms with Crippen molar-refractivity contribution in [3.63, 3.8) is 0 Å². The van der Waals surface area contributed by atoms with Crippen molar-refractivity contribution in [1.82, 2.24) is 0 Å². The predicted octanol–water partition coefficient (Wildman–Crippen LogP) is 6.68. The molecule has 154 valence electrons. The van der Waals surface area contributed by atoms with Gasteiger partial charge in [0.1, 0.15) is 5.92 Å². The molecular weight excluding hydrogens is 437 g/mol. The third-order valence-electron chi connectivity index (χ3n) is 4.76. The SMILES string of the molecule is CCCSC1=NC(C)=C(C(=O)Nc2ccc(Cl)cc2)[C@@H](c2ccccc2Cl)C1C#N. The molecule has 4 nitrogen and oxygen atoms in total. The maximum atomic E-state index is 13.3. The second-order valence-electron chi connectivity index (χ2n) is 6.86. The van der Waals surface area contributed by atoms with E-state index in [0.29, 0.717) is 27.0 Å². The number of benzene rings is 2. The van der Waals surface area contributed by atoms with Crippen LogP contribution in [0.2, 0.25) is 10.0 Å². The number of carbonyl (C=O) groups excluding carboxylic acids is 1. The van der Waals surface area contributed by atoms with Crippen molar-refractivity contribution in [2.24, 2.45) is 10.9 Å². The topological polar surface area (TPSA) is 65.2 Å². The summed E-state index contributed by atoms with van der Waals surface area (Å²) in [4.78, 5) is 18.0. The minimum Gasteiger partial charge on any atom is -0.322 e. The van der Waals surface area contributed by atoms with Crippen LogP contribution in [-0.4, -0.2) is 16.7 Å². The lowest BCUT2D eigenvalue weighted by atomic mass is 9.78. The first-order chi connectivity index (χ1) is 14.5. The highest BCUT2D eigenvalue weighted by Crippen LogP contribution is 2.43. The van der Waals surface area contributed by atoms with Crippen molar-refractivity contribution in [2.45, 2.75) is 26.2 Å². The number of hydrogen-bond acceptors (Lipinski definition) is 4. The van der Waals surface area contributed by atoms with E-state index in [4.69, 9.17) is 23.2 Å². The smallest absolute Gasteiger partial charge is 0.254 e. The van der Waals surface area contributed by atoms with Crippen LogP contribution in [0.3, 0.4) is 0 Å². The van der Waals surface area contributed by atoms with Gasteiger partial charge in [-0.3, -0.25) is 4.79 Å². The molecule has 1 aliphatic rings. The van der Waals surface area contributed by atoms with E-state index in [0.717, 1.165) is 22.8 Å². The monoisotopic (exact) mass is 457 g/mol. The molecule has 0 aliphatic carbocycles. The van der Waals surface area contributed by atoms with Crippen molar-refractivity contribution < 1.29 is 4.79 Å². The molecule has 7 heteroatoms. The highest BCUT2D eigenvalue weighted by atomic mass is 35.5. The minimum absolute atomic E-state index is 0.303. The van der Waals surface area contributed by atoms with Gasteiger partial charge in [0, 0.05) is 32.9 Å². The van der Waals surface area contributed by atoms with Crippen molar-refractivity contribution >= 4 is 51.6 Å². The maximum Gasteiger partial charge on any atom is 0.254 e. The van der Waals surface area contributed by atoms with Gasteiger partial charge in [-0.1, -0.05) is 48.3 Å². The standard InChI is InChI=1S/C23H21Cl2N3OS/c1-3-12-30-23-18(13-26)21(17-6-4-5-7-19(17)25)20(14(2)27-23)22(29)28-16-10-8-15(24)9-11-16/h4-11,18,21H,3,12H2,1-2H3,(H,28,29)/t18?,21-/m0/s1. The zero-order valence-electron chi connectivity index (χ0n) is 16.7. The van der Waals surface area contributed by atoms with Crippen LogP contribution in [0.15, 0.2) is 64.8 Å². The molecule has 0 radical (unpaired) electrons. The van der Waals surface area contributed by atoms with E-state index in [-0.39, 0.29) is 5.91 Å². The van der Waals surface area contributed by atoms with Crippen LogP contribution in [0.4, 0.5) is 5.69 Å². The van der Waals surface area contributed by atoms with Gasteiger partial charge in [-0.05, 0) is 55.0 Å². The average molecular weight is 458 g/mol. The molecule has 0 bridgehead atoms. The number of anilines is 1. The van der Waals surface area contributed by atoms with Crippen LogP contribution in [0.5, 0.6) is 0 Å². The number of nitrogens with one attached hydrogen (secondary N) is 1. The van der Waals surface area contributed by atoms with E-state index >= 15 is 0 Å². The normalized spacial score (nSPS) is 18.6. The summed E-state index contributed by atoms with van der Waals surface area (Å²) in [6.45, 7) is 3.89. The zero-order valence-corrected chi connectivity index (χ0v) is 19.0. The molecule has 1 N–H and O–H groups in total. The van der Waals surface area contributed by atoms with Crippen LogP contribution in [-0.2, 0) is 4.79 Å². The van der Waals surface area contributed by atoms with E-state index in [1.807, 2.05) is 18.2 Å². The number of halogens is 2. The number of nitrogens with zero attached hydrogens (tertiary/aromatic N) is 2. The lowest BCUT2D eigenvalue weighted by Gasteiger charge is -2.30. The van der Waals surface area contributed by atoms with Crippen LogP contribution in [0.1, 0.15) is 31.7 Å². The Hall–Kier alpha value is -2.26. The molecule has 30 heavy (non-hydrogen) atoms. The Morgan fingerprint density at radius 1 is 1.20 bits per heavy atom. The Balaban J connectivity index is 2.08. The van der Waals surface area contributed by atoms with Gasteiger partial charge in [0.2, 0.25) is 0 Å². The van der Waals surface area contributed by atoms with Crippen LogP contribution in [0.25, 0.3) is 0 Å². The van der Waals surface area contributed by atoms with Crippen LogP contribution >= 0.6 is 35.0 Å². The molecule has 0 spiro atoms. The average Bonchev–Trinajstić information content (AvgIpc) is 2.73. The largest absolute Gasteiger partial charge is 0.322 e. The Bertz CT molecular complexity index is 1040. The molecular formula is C23H21Cl2N3OS. The summed E-state index contributed by atoms with van der Waals surface area (Å²) in [6.07, 6.45) is 0.964. The summed E-state index contributed by atoms with van der Waals surface area (Å²) >= 11 is 14.0. The summed E-state index contributed by atoms with van der Waals surface area (Å²) in [6, 6.07) is 16.6. The number of nitriles is 1. The van der Waals surface area contributed by atoms with Gasteiger partial charge < -0.3 is 5.32 Å². The second-order valence-corrected chi connectivity index (χ2v) is 8.82. The molecule has 1 heterocycles. The molecule has 1 aliphatic heterocycles. The second kappa shape index (κ2) is 10.2. The van der Waals surface area contributed by atoms with Gasteiger partial charge >= 0.3 is 0 Å². The van der Waals surface area contributed by atoms with E-state index in [2.05, 4.69) is 23.3 Å². The van der Waals surface area contributed by atoms with Gasteiger partial charge in [-0.15, -0.1) is 11.8 Å².